The van der Waals surface area contributed by atoms with E-state index in [1.54, 1.807) is 30.3 Å². The molecule has 1 atom stereocenters. The minimum absolute atomic E-state index is 0. The molecular weight excluding hydrogens is 372 g/mol. The average Bonchev–Trinajstić information content (AvgIpc) is 2.23. The van der Waals surface area contributed by atoms with Crippen molar-refractivity contribution in [2.24, 2.45) is 5.73 Å². The monoisotopic (exact) mass is 383 g/mol. The summed E-state index contributed by atoms with van der Waals surface area (Å²) < 4.78 is 21.6. The SMILES string of the molecule is NC(CC(P(=O)([O-])[O-])P(=O)([O-])[O-])c1ccccc1.[Na+].[Na+].[Na+].[Na+]. The van der Waals surface area contributed by atoms with Crippen molar-refractivity contribution in [3.8, 4) is 0 Å². The first kappa shape index (κ1) is 33.1. The van der Waals surface area contributed by atoms with Crippen molar-refractivity contribution in [2.45, 2.75) is 17.9 Å². The normalized spacial score (nSPS) is 12.1. The fourth-order valence-electron chi connectivity index (χ4n) is 1.49. The number of hydrogen-bond acceptors (Lipinski definition) is 7. The van der Waals surface area contributed by atoms with Crippen LogP contribution in [0.2, 0.25) is 0 Å². The molecule has 1 rings (SSSR count). The topological polar surface area (TPSA) is 152 Å². The molecule has 2 N–H and O–H groups in total. The second kappa shape index (κ2) is 14.5. The fraction of sp³-hybridized carbons (Fsp3) is 0.333. The third-order valence-electron chi connectivity index (χ3n) is 2.42. The third kappa shape index (κ3) is 12.0. The second-order valence-electron chi connectivity index (χ2n) is 3.81. The first-order chi connectivity index (χ1) is 8.12. The predicted octanol–water partition coefficient (Wildman–Crippen LogP) is -13.8. The van der Waals surface area contributed by atoms with Crippen molar-refractivity contribution in [3.63, 3.8) is 0 Å². The van der Waals surface area contributed by atoms with Crippen LogP contribution in [0.15, 0.2) is 30.3 Å². The van der Waals surface area contributed by atoms with E-state index in [0.29, 0.717) is 5.56 Å². The summed E-state index contributed by atoms with van der Waals surface area (Å²) in [5.74, 6) is 0. The van der Waals surface area contributed by atoms with Gasteiger partial charge in [0.05, 0.1) is 0 Å². The Balaban J connectivity index is -0.000000405. The first-order valence-electron chi connectivity index (χ1n) is 4.96. The maximum atomic E-state index is 10.8. The molecule has 0 aromatic heterocycles. The molecule has 22 heavy (non-hydrogen) atoms. The fourth-order valence-corrected chi connectivity index (χ4v) is 3.85. The molecule has 13 heteroatoms. The summed E-state index contributed by atoms with van der Waals surface area (Å²) in [6, 6.07) is 7.00. The van der Waals surface area contributed by atoms with Gasteiger partial charge < -0.3 is 34.4 Å². The number of nitrogens with two attached hydrogens (primary N) is 1. The van der Waals surface area contributed by atoms with Crippen LogP contribution in [0.4, 0.5) is 0 Å². The second-order valence-corrected chi connectivity index (χ2v) is 7.63. The predicted molar refractivity (Wildman–Crippen MR) is 57.0 cm³/mol. The van der Waals surface area contributed by atoms with Gasteiger partial charge >= 0.3 is 118 Å². The van der Waals surface area contributed by atoms with Crippen molar-refractivity contribution in [2.75, 3.05) is 0 Å². The van der Waals surface area contributed by atoms with Crippen LogP contribution >= 0.6 is 15.2 Å². The summed E-state index contributed by atoms with van der Waals surface area (Å²) in [6.45, 7) is 0. The molecule has 0 saturated carbocycles. The molecule has 0 radical (unpaired) electrons. The van der Waals surface area contributed by atoms with Crippen molar-refractivity contribution in [3.05, 3.63) is 35.9 Å². The van der Waals surface area contributed by atoms with E-state index < -0.39 is 33.1 Å². The number of hydrogen-bond donors (Lipinski definition) is 1. The summed E-state index contributed by atoms with van der Waals surface area (Å²) in [7, 11) is -11.1. The van der Waals surface area contributed by atoms with E-state index in [1.807, 2.05) is 0 Å². The van der Waals surface area contributed by atoms with Crippen LogP contribution in [-0.2, 0) is 9.13 Å². The Labute approximate surface area is 218 Å². The Hall–Kier alpha value is 3.48. The van der Waals surface area contributed by atoms with E-state index in [1.165, 1.54) is 0 Å². The third-order valence-corrected chi connectivity index (χ3v) is 6.00. The van der Waals surface area contributed by atoms with Gasteiger partial charge in [-0.05, 0) is 12.0 Å². The van der Waals surface area contributed by atoms with Gasteiger partial charge in [-0.2, -0.15) is 0 Å². The Kier molecular flexibility index (Phi) is 21.9. The van der Waals surface area contributed by atoms with Crippen molar-refractivity contribution in [1.29, 1.82) is 0 Å². The Morgan fingerprint density at radius 3 is 1.55 bits per heavy atom. The minimum Gasteiger partial charge on any atom is -0.810 e. The van der Waals surface area contributed by atoms with Gasteiger partial charge in [0.15, 0.2) is 0 Å². The smallest absolute Gasteiger partial charge is 0.810 e. The molecule has 7 nitrogen and oxygen atoms in total. The maximum Gasteiger partial charge on any atom is 1.00 e. The van der Waals surface area contributed by atoms with Gasteiger partial charge in [-0.1, -0.05) is 45.5 Å². The molecule has 0 bridgehead atoms. The van der Waals surface area contributed by atoms with Crippen molar-refractivity contribution >= 4 is 15.2 Å². The molecule has 1 unspecified atom stereocenters. The Bertz CT molecular complexity index is 474. The van der Waals surface area contributed by atoms with Crippen LogP contribution in [0.25, 0.3) is 0 Å². The van der Waals surface area contributed by atoms with Crippen molar-refractivity contribution < 1.29 is 147 Å². The summed E-state index contributed by atoms with van der Waals surface area (Å²) in [5.41, 5.74) is 6.04. The van der Waals surface area contributed by atoms with Crippen molar-refractivity contribution in [1.82, 2.24) is 0 Å². The van der Waals surface area contributed by atoms with Crippen LogP contribution in [0.1, 0.15) is 18.0 Å². The molecule has 0 aliphatic carbocycles. The van der Waals surface area contributed by atoms with Crippen LogP contribution < -0.4 is 144 Å². The molecule has 0 aliphatic heterocycles. The maximum absolute atomic E-state index is 10.8. The molecule has 1 aromatic rings. The van der Waals surface area contributed by atoms with E-state index in [9.17, 15) is 28.7 Å². The van der Waals surface area contributed by atoms with E-state index in [4.69, 9.17) is 5.73 Å². The van der Waals surface area contributed by atoms with Gasteiger partial charge in [-0.25, -0.2) is 0 Å². The zero-order valence-corrected chi connectivity index (χ0v) is 23.0. The van der Waals surface area contributed by atoms with E-state index in [2.05, 4.69) is 0 Å². The van der Waals surface area contributed by atoms with Gasteiger partial charge in [0, 0.05) is 11.4 Å². The average molecular weight is 383 g/mol. The summed E-state index contributed by atoms with van der Waals surface area (Å²) in [4.78, 5) is 43.2. The van der Waals surface area contributed by atoms with Gasteiger partial charge in [-0.3, -0.25) is 0 Å². The Morgan fingerprint density at radius 1 is 0.864 bits per heavy atom. The van der Waals surface area contributed by atoms with E-state index in [0.717, 1.165) is 0 Å². The molecule has 0 aliphatic rings. The van der Waals surface area contributed by atoms with Crippen LogP contribution in [-0.4, -0.2) is 5.40 Å². The van der Waals surface area contributed by atoms with E-state index >= 15 is 0 Å². The molecular formula is C9H11NNa4O6P2. The largest absolute Gasteiger partial charge is 1.00 e. The van der Waals surface area contributed by atoms with Crippen LogP contribution in [0.3, 0.4) is 0 Å². The summed E-state index contributed by atoms with van der Waals surface area (Å²) >= 11 is 0. The molecule has 0 amide bonds. The van der Waals surface area contributed by atoms with E-state index in [-0.39, 0.29) is 118 Å². The molecule has 0 spiro atoms. The zero-order valence-electron chi connectivity index (χ0n) is 13.2. The molecule has 1 aromatic carbocycles. The molecule has 0 saturated heterocycles. The summed E-state index contributed by atoms with van der Waals surface area (Å²) in [6.07, 6.45) is -0.738. The summed E-state index contributed by atoms with van der Waals surface area (Å²) in [5, 5.41) is -2.51. The molecule has 0 fully saturated rings. The van der Waals surface area contributed by atoms with Gasteiger partial charge in [-0.15, -0.1) is 0 Å². The van der Waals surface area contributed by atoms with Gasteiger partial charge in [0.1, 0.15) is 0 Å². The molecule has 102 valence electrons. The van der Waals surface area contributed by atoms with Crippen LogP contribution in [0, 0.1) is 0 Å². The molecule has 0 heterocycles. The number of rotatable bonds is 5. The van der Waals surface area contributed by atoms with Gasteiger partial charge in [0.2, 0.25) is 0 Å². The zero-order chi connectivity index (χ0) is 14.0. The minimum atomic E-state index is -5.54. The first-order valence-corrected chi connectivity index (χ1v) is 8.18. The standard InChI is InChI=1S/C9H15NO6P2.4Na/c10-8(7-4-2-1-3-5-7)6-9(17(11,12)13)18(14,15)16;;;;/h1-5,8-9H,6,10H2,(H2,11,12,13)(H2,14,15,16);;;;/q;4*+1/p-4. The van der Waals surface area contributed by atoms with Crippen LogP contribution in [0.5, 0.6) is 0 Å². The van der Waals surface area contributed by atoms with Gasteiger partial charge in [0.25, 0.3) is 0 Å². The Morgan fingerprint density at radius 2 is 1.23 bits per heavy atom. The number of benzene rings is 1. The quantitative estimate of drug-likeness (QED) is 0.391.